The molecule has 1 saturated carbocycles. The zero-order valence-electron chi connectivity index (χ0n) is 18.3. The van der Waals surface area contributed by atoms with E-state index in [2.05, 4.69) is 64.8 Å². The number of methoxy groups -OCH3 is 1. The number of hydrogen-bond acceptors (Lipinski definition) is 3. The number of benzene rings is 2. The molecule has 1 aliphatic rings. The number of carbonyl (C=O) groups excluding carboxylic acids is 1. The molecule has 1 fully saturated rings. The largest absolute Gasteiger partial charge is 0.381 e. The Labute approximate surface area is 186 Å². The van der Waals surface area contributed by atoms with Crippen molar-refractivity contribution < 1.29 is 9.53 Å². The fourth-order valence-corrected chi connectivity index (χ4v) is 4.70. The van der Waals surface area contributed by atoms with Crippen LogP contribution in [-0.2, 0) is 16.7 Å². The molecule has 0 saturated heterocycles. The number of nitrogens with one attached hydrogen (secondary N) is 2. The Hall–Kier alpha value is -3.58. The van der Waals surface area contributed by atoms with Crippen LogP contribution in [0.4, 0.5) is 4.79 Å². The molecule has 0 radical (unpaired) electrons. The van der Waals surface area contributed by atoms with Crippen molar-refractivity contribution in [2.24, 2.45) is 5.73 Å². The van der Waals surface area contributed by atoms with E-state index in [1.165, 1.54) is 5.56 Å². The smallest absolute Gasteiger partial charge is 0.312 e. The summed E-state index contributed by atoms with van der Waals surface area (Å²) in [5.41, 5.74) is 11.5. The fraction of sp³-hybridized carbons (Fsp3) is 0.280. The van der Waals surface area contributed by atoms with Crippen molar-refractivity contribution >= 4 is 16.9 Å². The van der Waals surface area contributed by atoms with Crippen LogP contribution < -0.4 is 11.1 Å². The Morgan fingerprint density at radius 3 is 2.72 bits per heavy atom. The number of urea groups is 1. The lowest BCUT2D eigenvalue weighted by Gasteiger charge is -2.47. The predicted molar refractivity (Wildman–Crippen MR) is 125 cm³/mol. The Kier molecular flexibility index (Phi) is 4.98. The van der Waals surface area contributed by atoms with Gasteiger partial charge in [0.1, 0.15) is 0 Å². The zero-order valence-corrected chi connectivity index (χ0v) is 18.3. The molecule has 2 aromatic carbocycles. The van der Waals surface area contributed by atoms with E-state index in [4.69, 9.17) is 10.5 Å². The van der Waals surface area contributed by atoms with Gasteiger partial charge in [-0.1, -0.05) is 25.1 Å². The van der Waals surface area contributed by atoms with Crippen LogP contribution in [0.25, 0.3) is 27.7 Å². The standard InChI is InChI=1S/C25H27N5O2/c1-3-16-4-7-19(8-5-16)30-15-18(13-28-30)17-6-9-23-21(10-17)22(14-27-23)25(29-24(26)31)11-20(12-25)32-2/h4-10,13-15,20,27H,3,11-12H2,1-2H3,(H3,26,29,31). The molecule has 0 spiro atoms. The Bertz CT molecular complexity index is 1270. The van der Waals surface area contributed by atoms with Crippen molar-refractivity contribution in [1.82, 2.24) is 20.1 Å². The highest BCUT2D eigenvalue weighted by Crippen LogP contribution is 2.45. The highest BCUT2D eigenvalue weighted by atomic mass is 16.5. The number of hydrogen-bond donors (Lipinski definition) is 3. The summed E-state index contributed by atoms with van der Waals surface area (Å²) < 4.78 is 7.36. The first-order valence-corrected chi connectivity index (χ1v) is 10.9. The molecule has 0 atom stereocenters. The van der Waals surface area contributed by atoms with E-state index < -0.39 is 11.6 Å². The number of amides is 2. The average Bonchev–Trinajstić information content (AvgIpc) is 3.43. The Balaban J connectivity index is 1.50. The molecule has 2 aromatic heterocycles. The summed E-state index contributed by atoms with van der Waals surface area (Å²) in [4.78, 5) is 15.1. The van der Waals surface area contributed by atoms with Crippen LogP contribution in [0.3, 0.4) is 0 Å². The maximum atomic E-state index is 11.7. The van der Waals surface area contributed by atoms with Gasteiger partial charge < -0.3 is 20.8 Å². The fourth-order valence-electron chi connectivity index (χ4n) is 4.70. The summed E-state index contributed by atoms with van der Waals surface area (Å²) in [7, 11) is 1.69. The predicted octanol–water partition coefficient (Wildman–Crippen LogP) is 4.26. The van der Waals surface area contributed by atoms with Gasteiger partial charge >= 0.3 is 6.03 Å². The van der Waals surface area contributed by atoms with E-state index >= 15 is 0 Å². The number of nitrogens with two attached hydrogens (primary N) is 1. The molecule has 2 heterocycles. The van der Waals surface area contributed by atoms with E-state index in [-0.39, 0.29) is 6.10 Å². The molecule has 2 amide bonds. The Morgan fingerprint density at radius 1 is 1.25 bits per heavy atom. The average molecular weight is 430 g/mol. The minimum absolute atomic E-state index is 0.104. The first-order chi connectivity index (χ1) is 15.5. The molecular weight excluding hydrogens is 402 g/mol. The third-order valence-electron chi connectivity index (χ3n) is 6.57. The van der Waals surface area contributed by atoms with E-state index in [9.17, 15) is 4.79 Å². The first-order valence-electron chi connectivity index (χ1n) is 10.9. The van der Waals surface area contributed by atoms with E-state index in [0.717, 1.165) is 39.7 Å². The number of aryl methyl sites for hydroxylation is 1. The van der Waals surface area contributed by atoms with Crippen molar-refractivity contribution in [2.45, 2.75) is 37.8 Å². The van der Waals surface area contributed by atoms with Gasteiger partial charge in [0.05, 0.1) is 23.5 Å². The van der Waals surface area contributed by atoms with Gasteiger partial charge in [-0.25, -0.2) is 9.48 Å². The monoisotopic (exact) mass is 429 g/mol. The number of rotatable bonds is 6. The van der Waals surface area contributed by atoms with E-state index in [0.29, 0.717) is 12.8 Å². The number of H-pyrrole nitrogens is 1. The summed E-state index contributed by atoms with van der Waals surface area (Å²) in [5.74, 6) is 0. The molecular formula is C25H27N5O2. The van der Waals surface area contributed by atoms with Gasteiger partial charge in [0.15, 0.2) is 0 Å². The Morgan fingerprint density at radius 2 is 2.03 bits per heavy atom. The van der Waals surface area contributed by atoms with Gasteiger partial charge in [-0.2, -0.15) is 5.10 Å². The van der Waals surface area contributed by atoms with Crippen LogP contribution in [0, 0.1) is 0 Å². The SMILES string of the molecule is CCc1ccc(-n2cc(-c3ccc4[nH]cc(C5(NC(N)=O)CC(OC)C5)c4c3)cn2)cc1. The molecule has 0 aliphatic heterocycles. The second kappa shape index (κ2) is 7.84. The minimum atomic E-state index is -0.527. The maximum Gasteiger partial charge on any atom is 0.312 e. The highest BCUT2D eigenvalue weighted by Gasteiger charge is 2.48. The molecule has 7 heteroatoms. The van der Waals surface area contributed by atoms with Crippen LogP contribution in [0.2, 0.25) is 0 Å². The molecule has 7 nitrogen and oxygen atoms in total. The van der Waals surface area contributed by atoms with Gasteiger partial charge in [-0.15, -0.1) is 0 Å². The number of carbonyl (C=O) groups is 1. The van der Waals surface area contributed by atoms with E-state index in [1.54, 1.807) is 7.11 Å². The summed E-state index contributed by atoms with van der Waals surface area (Å²) in [6.07, 6.45) is 8.38. The second-order valence-corrected chi connectivity index (χ2v) is 8.49. The molecule has 1 aliphatic carbocycles. The van der Waals surface area contributed by atoms with Crippen LogP contribution in [-0.4, -0.2) is 34.0 Å². The third kappa shape index (κ3) is 3.44. The third-order valence-corrected chi connectivity index (χ3v) is 6.57. The topological polar surface area (TPSA) is 98.0 Å². The maximum absolute atomic E-state index is 11.7. The lowest BCUT2D eigenvalue weighted by molar-refractivity contribution is -0.0267. The van der Waals surface area contributed by atoms with Gasteiger partial charge in [0.25, 0.3) is 0 Å². The summed E-state index contributed by atoms with van der Waals surface area (Å²) in [5, 5.41) is 8.59. The zero-order chi connectivity index (χ0) is 22.3. The first kappa shape index (κ1) is 20.3. The summed E-state index contributed by atoms with van der Waals surface area (Å²) in [6.45, 7) is 2.15. The molecule has 4 aromatic rings. The van der Waals surface area contributed by atoms with Crippen LogP contribution in [0.5, 0.6) is 0 Å². The summed E-state index contributed by atoms with van der Waals surface area (Å²) in [6, 6.07) is 14.2. The van der Waals surface area contributed by atoms with Crippen molar-refractivity contribution in [2.75, 3.05) is 7.11 Å². The molecule has 5 rings (SSSR count). The molecule has 0 bridgehead atoms. The van der Waals surface area contributed by atoms with Gasteiger partial charge in [0, 0.05) is 54.4 Å². The minimum Gasteiger partial charge on any atom is -0.381 e. The van der Waals surface area contributed by atoms with Crippen molar-refractivity contribution in [3.05, 3.63) is 72.2 Å². The van der Waals surface area contributed by atoms with Crippen molar-refractivity contribution in [3.8, 4) is 16.8 Å². The number of fused-ring (bicyclic) bond motifs is 1. The van der Waals surface area contributed by atoms with Crippen molar-refractivity contribution in [1.29, 1.82) is 0 Å². The van der Waals surface area contributed by atoms with Crippen LogP contribution in [0.1, 0.15) is 30.9 Å². The van der Waals surface area contributed by atoms with Gasteiger partial charge in [0.2, 0.25) is 0 Å². The van der Waals surface area contributed by atoms with Crippen LogP contribution in [0.15, 0.2) is 61.1 Å². The molecule has 4 N–H and O–H groups in total. The van der Waals surface area contributed by atoms with E-state index in [1.807, 2.05) is 23.3 Å². The number of ether oxygens (including phenoxy) is 1. The normalized spacial score (nSPS) is 20.2. The molecule has 164 valence electrons. The summed E-state index contributed by atoms with van der Waals surface area (Å²) >= 11 is 0. The van der Waals surface area contributed by atoms with Gasteiger partial charge in [-0.3, -0.25) is 0 Å². The van der Waals surface area contributed by atoms with Gasteiger partial charge in [-0.05, 0) is 41.8 Å². The lowest BCUT2D eigenvalue weighted by Crippen LogP contribution is -2.58. The molecule has 0 unspecified atom stereocenters. The quantitative estimate of drug-likeness (QED) is 0.427. The molecule has 32 heavy (non-hydrogen) atoms. The highest BCUT2D eigenvalue weighted by molar-refractivity contribution is 5.89. The lowest BCUT2D eigenvalue weighted by atomic mass is 9.69. The van der Waals surface area contributed by atoms with Crippen LogP contribution >= 0.6 is 0 Å². The number of primary amides is 1. The second-order valence-electron chi connectivity index (χ2n) is 8.49. The van der Waals surface area contributed by atoms with Crippen molar-refractivity contribution in [3.63, 3.8) is 0 Å². The number of nitrogens with zero attached hydrogens (tertiary/aromatic N) is 2. The number of aromatic amines is 1. The number of aromatic nitrogens is 3.